The van der Waals surface area contributed by atoms with Crippen LogP contribution in [0.25, 0.3) is 0 Å². The van der Waals surface area contributed by atoms with Gasteiger partial charge >= 0.3 is 0 Å². The summed E-state index contributed by atoms with van der Waals surface area (Å²) in [6, 6.07) is 17.1. The van der Waals surface area contributed by atoms with E-state index >= 15 is 0 Å². The van der Waals surface area contributed by atoms with Gasteiger partial charge in [-0.25, -0.2) is 16.8 Å². The maximum atomic E-state index is 12.6. The number of aryl methyl sites for hydroxylation is 1. The van der Waals surface area contributed by atoms with Gasteiger partial charge < -0.3 is 5.32 Å². The van der Waals surface area contributed by atoms with Gasteiger partial charge in [-0.15, -0.1) is 0 Å². The van der Waals surface area contributed by atoms with Crippen LogP contribution in [0.3, 0.4) is 0 Å². The molecule has 3 aromatic rings. The van der Waals surface area contributed by atoms with Crippen molar-refractivity contribution in [1.82, 2.24) is 0 Å². The Morgan fingerprint density at radius 3 is 2.11 bits per heavy atom. The van der Waals surface area contributed by atoms with Gasteiger partial charge in [0.05, 0.1) is 22.5 Å². The summed E-state index contributed by atoms with van der Waals surface area (Å²) < 4.78 is 53.4. The van der Waals surface area contributed by atoms with Gasteiger partial charge in [0.2, 0.25) is 15.9 Å². The summed E-state index contributed by atoms with van der Waals surface area (Å²) in [5, 5.41) is 3.27. The van der Waals surface area contributed by atoms with Gasteiger partial charge in [-0.3, -0.25) is 13.8 Å². The van der Waals surface area contributed by atoms with Crippen LogP contribution in [-0.2, 0) is 24.8 Å². The molecule has 2 N–H and O–H groups in total. The average Bonchev–Trinajstić information content (AvgIpc) is 2.75. The van der Waals surface area contributed by atoms with Gasteiger partial charge in [0.1, 0.15) is 0 Å². The zero-order chi connectivity index (χ0) is 26.5. The summed E-state index contributed by atoms with van der Waals surface area (Å²) in [5.74, 6) is -0.324. The molecule has 36 heavy (non-hydrogen) atoms. The van der Waals surface area contributed by atoms with Crippen LogP contribution in [0, 0.1) is 6.92 Å². The minimum absolute atomic E-state index is 0.0152. The van der Waals surface area contributed by atoms with Gasteiger partial charge in [-0.2, -0.15) is 0 Å². The maximum absolute atomic E-state index is 12.6. The molecule has 3 aromatic carbocycles. The van der Waals surface area contributed by atoms with Crippen molar-refractivity contribution < 1.29 is 21.6 Å². The molecule has 0 saturated carbocycles. The Balaban J connectivity index is 1.58. The first-order valence-corrected chi connectivity index (χ1v) is 14.9. The molecular formula is C24H25Cl2N3O5S2. The summed E-state index contributed by atoms with van der Waals surface area (Å²) in [6.07, 6.45) is 1.50. The Hall–Kier alpha value is -2.79. The summed E-state index contributed by atoms with van der Waals surface area (Å²) in [7, 11) is -7.42. The van der Waals surface area contributed by atoms with Gasteiger partial charge in [0.15, 0.2) is 0 Å². The summed E-state index contributed by atoms with van der Waals surface area (Å²) in [4.78, 5) is 12.4. The number of hydrogen-bond acceptors (Lipinski definition) is 5. The van der Waals surface area contributed by atoms with Gasteiger partial charge in [-0.1, -0.05) is 35.3 Å². The Morgan fingerprint density at radius 1 is 0.889 bits per heavy atom. The average molecular weight is 571 g/mol. The molecule has 0 spiro atoms. The minimum atomic E-state index is -3.90. The smallest absolute Gasteiger partial charge is 0.261 e. The second-order valence-corrected chi connectivity index (χ2v) is 12.6. The van der Waals surface area contributed by atoms with Crippen LogP contribution in [0.2, 0.25) is 10.0 Å². The first kappa shape index (κ1) is 27.8. The zero-order valence-electron chi connectivity index (χ0n) is 19.5. The largest absolute Gasteiger partial charge is 0.326 e. The van der Waals surface area contributed by atoms with Crippen molar-refractivity contribution in [3.8, 4) is 0 Å². The zero-order valence-corrected chi connectivity index (χ0v) is 22.7. The van der Waals surface area contributed by atoms with E-state index in [2.05, 4.69) is 10.0 Å². The Kier molecular flexibility index (Phi) is 8.89. The lowest BCUT2D eigenvalue weighted by Crippen LogP contribution is -2.31. The van der Waals surface area contributed by atoms with Crippen LogP contribution in [0.15, 0.2) is 71.6 Å². The number of nitrogens with one attached hydrogen (secondary N) is 2. The highest BCUT2D eigenvalue weighted by atomic mass is 35.5. The molecule has 0 saturated heterocycles. The topological polar surface area (TPSA) is 113 Å². The molecule has 0 heterocycles. The first-order valence-electron chi connectivity index (χ1n) is 10.8. The summed E-state index contributed by atoms with van der Waals surface area (Å²) in [6.45, 7) is 2.02. The van der Waals surface area contributed by atoms with Crippen LogP contribution in [-0.4, -0.2) is 35.5 Å². The molecule has 12 heteroatoms. The van der Waals surface area contributed by atoms with Crippen molar-refractivity contribution in [1.29, 1.82) is 0 Å². The van der Waals surface area contributed by atoms with E-state index in [0.29, 0.717) is 17.8 Å². The third-order valence-electron chi connectivity index (χ3n) is 5.02. The fourth-order valence-electron chi connectivity index (χ4n) is 3.42. The van der Waals surface area contributed by atoms with Crippen LogP contribution < -0.4 is 14.3 Å². The highest BCUT2D eigenvalue weighted by Crippen LogP contribution is 2.25. The molecule has 8 nitrogen and oxygen atoms in total. The lowest BCUT2D eigenvalue weighted by atomic mass is 10.2. The molecule has 0 radical (unpaired) electrons. The standard InChI is InChI=1S/C24H25Cl2N3O5S2/c1-17-5-3-6-22(13-17)29(35(2,31)32)12-4-7-24(30)27-20-8-10-23(11-9-20)36(33,34)28-21-15-18(25)14-19(26)16-21/h3,5-6,8-11,13-16,28H,4,7,12H2,1-2H3,(H,27,30). The van der Waals surface area contributed by atoms with Crippen molar-refractivity contribution in [2.24, 2.45) is 0 Å². The number of carbonyl (C=O) groups excluding carboxylic acids is 1. The molecule has 192 valence electrons. The molecule has 3 rings (SSSR count). The van der Waals surface area contributed by atoms with E-state index in [1.807, 2.05) is 13.0 Å². The number of benzene rings is 3. The van der Waals surface area contributed by atoms with E-state index in [-0.39, 0.29) is 39.5 Å². The molecule has 0 aliphatic rings. The normalized spacial score (nSPS) is 11.7. The van der Waals surface area contributed by atoms with Gasteiger partial charge in [0, 0.05) is 28.7 Å². The summed E-state index contributed by atoms with van der Waals surface area (Å²) in [5.41, 5.74) is 2.10. The second kappa shape index (κ2) is 11.5. The minimum Gasteiger partial charge on any atom is -0.326 e. The van der Waals surface area contributed by atoms with Crippen molar-refractivity contribution >= 4 is 66.2 Å². The Bertz CT molecular complexity index is 1440. The molecule has 0 aromatic heterocycles. The van der Waals surface area contributed by atoms with E-state index in [0.717, 1.165) is 11.8 Å². The van der Waals surface area contributed by atoms with Crippen molar-refractivity contribution in [3.63, 3.8) is 0 Å². The number of nitrogens with zero attached hydrogens (tertiary/aromatic N) is 1. The highest BCUT2D eigenvalue weighted by molar-refractivity contribution is 7.92. The van der Waals surface area contributed by atoms with E-state index in [9.17, 15) is 21.6 Å². The number of sulfonamides is 2. The fraction of sp³-hybridized carbons (Fsp3) is 0.208. The molecule has 0 unspecified atom stereocenters. The lowest BCUT2D eigenvalue weighted by Gasteiger charge is -2.22. The predicted molar refractivity (Wildman–Crippen MR) is 145 cm³/mol. The molecule has 0 atom stereocenters. The van der Waals surface area contributed by atoms with E-state index in [4.69, 9.17) is 23.2 Å². The highest BCUT2D eigenvalue weighted by Gasteiger charge is 2.18. The SMILES string of the molecule is Cc1cccc(N(CCCC(=O)Nc2ccc(S(=O)(=O)Nc3cc(Cl)cc(Cl)c3)cc2)S(C)(=O)=O)c1. The maximum Gasteiger partial charge on any atom is 0.261 e. The molecule has 0 aliphatic carbocycles. The number of rotatable bonds is 10. The van der Waals surface area contributed by atoms with Crippen molar-refractivity contribution in [2.45, 2.75) is 24.7 Å². The van der Waals surface area contributed by atoms with Crippen LogP contribution in [0.1, 0.15) is 18.4 Å². The molecule has 0 bridgehead atoms. The summed E-state index contributed by atoms with van der Waals surface area (Å²) >= 11 is 11.8. The van der Waals surface area contributed by atoms with Gasteiger partial charge in [-0.05, 0) is 73.5 Å². The van der Waals surface area contributed by atoms with E-state index < -0.39 is 20.0 Å². The number of carbonyl (C=O) groups is 1. The third kappa shape index (κ3) is 7.86. The lowest BCUT2D eigenvalue weighted by molar-refractivity contribution is -0.116. The molecule has 1 amide bonds. The van der Waals surface area contributed by atoms with Crippen molar-refractivity contribution in [2.75, 3.05) is 27.1 Å². The molecule has 0 fully saturated rings. The van der Waals surface area contributed by atoms with E-state index in [1.165, 1.54) is 46.8 Å². The number of anilines is 3. The number of halogens is 2. The Labute approximate surface area is 221 Å². The van der Waals surface area contributed by atoms with E-state index in [1.54, 1.807) is 18.2 Å². The number of amides is 1. The van der Waals surface area contributed by atoms with Gasteiger partial charge in [0.25, 0.3) is 10.0 Å². The fourth-order valence-corrected chi connectivity index (χ4v) is 5.94. The van der Waals surface area contributed by atoms with Crippen molar-refractivity contribution in [3.05, 3.63) is 82.3 Å². The third-order valence-corrected chi connectivity index (χ3v) is 8.05. The Morgan fingerprint density at radius 2 is 1.53 bits per heavy atom. The molecular weight excluding hydrogens is 545 g/mol. The monoisotopic (exact) mass is 569 g/mol. The predicted octanol–water partition coefficient (Wildman–Crippen LogP) is 5.29. The van der Waals surface area contributed by atoms with Crippen LogP contribution in [0.5, 0.6) is 0 Å². The molecule has 0 aliphatic heterocycles. The number of hydrogen-bond donors (Lipinski definition) is 2. The quantitative estimate of drug-likeness (QED) is 0.344. The second-order valence-electron chi connectivity index (χ2n) is 8.11. The first-order chi connectivity index (χ1) is 16.8. The van der Waals surface area contributed by atoms with Crippen LogP contribution in [0.4, 0.5) is 17.1 Å². The van der Waals surface area contributed by atoms with Crippen LogP contribution >= 0.6 is 23.2 Å².